The van der Waals surface area contributed by atoms with Crippen molar-refractivity contribution in [2.24, 2.45) is 0 Å². The van der Waals surface area contributed by atoms with Gasteiger partial charge < -0.3 is 0 Å². The molecule has 2 aromatic carbocycles. The highest BCUT2D eigenvalue weighted by Crippen LogP contribution is 2.41. The van der Waals surface area contributed by atoms with Crippen molar-refractivity contribution in [3.8, 4) is 17.1 Å². The topological polar surface area (TPSA) is 17.8 Å². The highest BCUT2D eigenvalue weighted by molar-refractivity contribution is 9.10. The zero-order valence-corrected chi connectivity index (χ0v) is 15.1. The van der Waals surface area contributed by atoms with Crippen LogP contribution in [-0.4, -0.2) is 9.55 Å². The molecule has 23 heavy (non-hydrogen) atoms. The van der Waals surface area contributed by atoms with E-state index >= 15 is 0 Å². The fourth-order valence-corrected chi connectivity index (χ4v) is 4.14. The number of nitrogens with zero attached hydrogens (tertiary/aromatic N) is 2. The van der Waals surface area contributed by atoms with Crippen LogP contribution in [0.2, 0.25) is 0 Å². The number of fused-ring (bicyclic) bond motifs is 6. The number of para-hydroxylation sites is 1. The molecule has 3 heteroatoms. The number of aromatic nitrogens is 2. The van der Waals surface area contributed by atoms with E-state index in [1.807, 2.05) is 6.20 Å². The third-order valence-electron chi connectivity index (χ3n) is 4.79. The molecular weight excluding hydrogens is 348 g/mol. The molecule has 0 spiro atoms. The Morgan fingerprint density at radius 3 is 2.74 bits per heavy atom. The summed E-state index contributed by atoms with van der Waals surface area (Å²) in [6.45, 7) is 6.80. The number of hydrogen-bond donors (Lipinski definition) is 0. The van der Waals surface area contributed by atoms with Crippen molar-refractivity contribution >= 4 is 15.9 Å². The van der Waals surface area contributed by atoms with Gasteiger partial charge in [-0.25, -0.2) is 4.98 Å². The predicted molar refractivity (Wildman–Crippen MR) is 98.3 cm³/mol. The van der Waals surface area contributed by atoms with E-state index in [4.69, 9.17) is 0 Å². The van der Waals surface area contributed by atoms with E-state index in [0.29, 0.717) is 11.8 Å². The van der Waals surface area contributed by atoms with Crippen molar-refractivity contribution in [3.63, 3.8) is 0 Å². The standard InChI is InChI=1S/C20H19BrN2/c1-12(2)15-5-4-6-16-13(3)17-11-14(7-8-18(17)21)20-22-9-10-23(20)19(15)16/h4-13H,1-3H3. The monoisotopic (exact) mass is 366 g/mol. The zero-order chi connectivity index (χ0) is 16.1. The van der Waals surface area contributed by atoms with Crippen LogP contribution in [0.4, 0.5) is 0 Å². The van der Waals surface area contributed by atoms with Gasteiger partial charge in [-0.15, -0.1) is 0 Å². The van der Waals surface area contributed by atoms with Crippen molar-refractivity contribution in [3.05, 3.63) is 70.0 Å². The number of benzene rings is 2. The van der Waals surface area contributed by atoms with Gasteiger partial charge in [-0.2, -0.15) is 0 Å². The third-order valence-corrected chi connectivity index (χ3v) is 5.51. The minimum absolute atomic E-state index is 0.327. The van der Waals surface area contributed by atoms with Gasteiger partial charge in [0.1, 0.15) is 5.82 Å². The molecule has 1 unspecified atom stereocenters. The summed E-state index contributed by atoms with van der Waals surface area (Å²) in [5.41, 5.74) is 6.51. The summed E-state index contributed by atoms with van der Waals surface area (Å²) in [4.78, 5) is 4.63. The average Bonchev–Trinajstić information content (AvgIpc) is 3.02. The van der Waals surface area contributed by atoms with Crippen LogP contribution in [0.15, 0.2) is 53.3 Å². The van der Waals surface area contributed by atoms with Gasteiger partial charge >= 0.3 is 0 Å². The molecule has 1 aliphatic heterocycles. The summed E-state index contributed by atoms with van der Waals surface area (Å²) in [6.07, 6.45) is 3.98. The van der Waals surface area contributed by atoms with Crippen LogP contribution in [0, 0.1) is 0 Å². The summed E-state index contributed by atoms with van der Waals surface area (Å²) >= 11 is 3.73. The van der Waals surface area contributed by atoms with E-state index in [1.165, 1.54) is 27.9 Å². The number of rotatable bonds is 1. The lowest BCUT2D eigenvalue weighted by atomic mass is 9.86. The minimum atomic E-state index is 0.327. The molecule has 1 atom stereocenters. The lowest BCUT2D eigenvalue weighted by molar-refractivity contribution is 0.818. The number of hydrogen-bond acceptors (Lipinski definition) is 1. The van der Waals surface area contributed by atoms with Crippen LogP contribution in [0.5, 0.6) is 0 Å². The summed E-state index contributed by atoms with van der Waals surface area (Å²) < 4.78 is 3.42. The summed E-state index contributed by atoms with van der Waals surface area (Å²) in [6, 6.07) is 13.2. The molecule has 0 amide bonds. The van der Waals surface area contributed by atoms with Gasteiger partial charge in [-0.3, -0.25) is 4.57 Å². The largest absolute Gasteiger partial charge is 0.299 e. The van der Waals surface area contributed by atoms with Gasteiger partial charge in [-0.1, -0.05) is 61.0 Å². The second-order valence-corrected chi connectivity index (χ2v) is 7.37. The molecule has 0 N–H and O–H groups in total. The molecule has 1 aliphatic rings. The van der Waals surface area contributed by atoms with Gasteiger partial charge in [0.15, 0.2) is 0 Å². The third kappa shape index (κ3) is 2.18. The van der Waals surface area contributed by atoms with Gasteiger partial charge in [0.2, 0.25) is 0 Å². The van der Waals surface area contributed by atoms with Crippen LogP contribution in [-0.2, 0) is 0 Å². The van der Waals surface area contributed by atoms with Crippen LogP contribution in [0.25, 0.3) is 17.1 Å². The summed E-state index contributed by atoms with van der Waals surface area (Å²) in [5.74, 6) is 1.81. The first-order valence-electron chi connectivity index (χ1n) is 8.04. The smallest absolute Gasteiger partial charge is 0.144 e. The number of halogens is 1. The first-order chi connectivity index (χ1) is 11.1. The first-order valence-corrected chi connectivity index (χ1v) is 8.83. The van der Waals surface area contributed by atoms with Gasteiger partial charge in [0.25, 0.3) is 0 Å². The van der Waals surface area contributed by atoms with E-state index in [2.05, 4.69) is 88.8 Å². The molecule has 0 aliphatic carbocycles. The minimum Gasteiger partial charge on any atom is -0.299 e. The first kappa shape index (κ1) is 14.7. The van der Waals surface area contributed by atoms with E-state index in [0.717, 1.165) is 10.3 Å². The van der Waals surface area contributed by atoms with Gasteiger partial charge in [0, 0.05) is 28.3 Å². The Kier molecular flexibility index (Phi) is 3.42. The maximum atomic E-state index is 4.63. The SMILES string of the molecule is CC(C)c1cccc2c1-n1ccnc1-c1ccc(Br)c(c1)C2C. The quantitative estimate of drug-likeness (QED) is 0.524. The number of imidazole rings is 1. The maximum absolute atomic E-state index is 4.63. The Balaban J connectivity index is 2.14. The van der Waals surface area contributed by atoms with Crippen LogP contribution >= 0.6 is 15.9 Å². The average molecular weight is 367 g/mol. The Hall–Kier alpha value is -1.87. The fraction of sp³-hybridized carbons (Fsp3) is 0.250. The lowest BCUT2D eigenvalue weighted by Gasteiger charge is -2.26. The molecule has 0 fully saturated rings. The van der Waals surface area contributed by atoms with Gasteiger partial charge in [0.05, 0.1) is 5.69 Å². The second-order valence-electron chi connectivity index (χ2n) is 6.52. The molecule has 0 saturated heterocycles. The maximum Gasteiger partial charge on any atom is 0.144 e. The molecule has 4 rings (SSSR count). The summed E-state index contributed by atoms with van der Waals surface area (Å²) in [7, 11) is 0. The Bertz CT molecular complexity index is 892. The Morgan fingerprint density at radius 1 is 1.13 bits per heavy atom. The van der Waals surface area contributed by atoms with Crippen molar-refractivity contribution in [2.75, 3.05) is 0 Å². The highest BCUT2D eigenvalue weighted by atomic mass is 79.9. The highest BCUT2D eigenvalue weighted by Gasteiger charge is 2.24. The lowest BCUT2D eigenvalue weighted by Crippen LogP contribution is -2.12. The molecule has 0 saturated carbocycles. The molecular formula is C20H19BrN2. The molecule has 1 aromatic heterocycles. The summed E-state index contributed by atoms with van der Waals surface area (Å²) in [5, 5.41) is 0. The van der Waals surface area contributed by atoms with Crippen LogP contribution in [0.3, 0.4) is 0 Å². The van der Waals surface area contributed by atoms with E-state index in [1.54, 1.807) is 0 Å². The van der Waals surface area contributed by atoms with Crippen LogP contribution in [0.1, 0.15) is 49.3 Å². The molecule has 2 nitrogen and oxygen atoms in total. The van der Waals surface area contributed by atoms with E-state index in [9.17, 15) is 0 Å². The van der Waals surface area contributed by atoms with Crippen molar-refractivity contribution in [1.29, 1.82) is 0 Å². The molecule has 116 valence electrons. The van der Waals surface area contributed by atoms with Crippen molar-refractivity contribution < 1.29 is 0 Å². The molecule has 2 heterocycles. The fourth-order valence-electron chi connectivity index (χ4n) is 3.55. The Labute approximate surface area is 145 Å². The van der Waals surface area contributed by atoms with Crippen molar-refractivity contribution in [2.45, 2.75) is 32.6 Å². The van der Waals surface area contributed by atoms with E-state index < -0.39 is 0 Å². The normalized spacial score (nSPS) is 15.8. The van der Waals surface area contributed by atoms with Gasteiger partial charge in [-0.05, 0) is 34.7 Å². The molecule has 0 radical (unpaired) electrons. The van der Waals surface area contributed by atoms with Crippen molar-refractivity contribution in [1.82, 2.24) is 9.55 Å². The second kappa shape index (κ2) is 5.34. The van der Waals surface area contributed by atoms with E-state index in [-0.39, 0.29) is 0 Å². The predicted octanol–water partition coefficient (Wildman–Crippen LogP) is 5.89. The molecule has 3 aromatic rings. The Morgan fingerprint density at radius 2 is 1.96 bits per heavy atom. The van der Waals surface area contributed by atoms with Crippen LogP contribution < -0.4 is 0 Å². The molecule has 2 bridgehead atoms. The zero-order valence-electron chi connectivity index (χ0n) is 13.5.